The van der Waals surface area contributed by atoms with E-state index in [0.717, 1.165) is 17.0 Å². The number of hydrogen-bond acceptors (Lipinski definition) is 2. The third-order valence-electron chi connectivity index (χ3n) is 2.77. The predicted molar refractivity (Wildman–Crippen MR) is 55.5 cm³/mol. The molecule has 72 valence electrons. The maximum Gasteiger partial charge on any atom is 0.198 e. The van der Waals surface area contributed by atoms with Gasteiger partial charge in [-0.25, -0.2) is 4.98 Å². The lowest BCUT2D eigenvalue weighted by molar-refractivity contribution is 0.533. The highest BCUT2D eigenvalue weighted by Gasteiger charge is 2.29. The van der Waals surface area contributed by atoms with Gasteiger partial charge >= 0.3 is 0 Å². The van der Waals surface area contributed by atoms with Crippen LogP contribution in [-0.2, 0) is 0 Å². The number of rotatable bonds is 1. The van der Waals surface area contributed by atoms with Gasteiger partial charge < -0.3 is 4.42 Å². The van der Waals surface area contributed by atoms with E-state index in [1.165, 1.54) is 24.0 Å². The largest absolute Gasteiger partial charge is 0.440 e. The summed E-state index contributed by atoms with van der Waals surface area (Å²) in [5.41, 5.74) is 4.45. The maximum absolute atomic E-state index is 5.74. The van der Waals surface area contributed by atoms with E-state index in [0.29, 0.717) is 5.92 Å². The Morgan fingerprint density at radius 1 is 1.29 bits per heavy atom. The van der Waals surface area contributed by atoms with E-state index in [2.05, 4.69) is 31.0 Å². The monoisotopic (exact) mass is 187 g/mol. The lowest BCUT2D eigenvalue weighted by Gasteiger charge is -1.94. The summed E-state index contributed by atoms with van der Waals surface area (Å²) in [5.74, 6) is 1.54. The van der Waals surface area contributed by atoms with Gasteiger partial charge in [0.2, 0.25) is 0 Å². The second-order valence-electron chi connectivity index (χ2n) is 4.25. The average molecular weight is 187 g/mol. The van der Waals surface area contributed by atoms with Crippen LogP contribution in [0.4, 0.5) is 0 Å². The topological polar surface area (TPSA) is 26.0 Å². The SMILES string of the molecule is Cc1cc(C)c2nc(C3CC3)oc2c1. The van der Waals surface area contributed by atoms with Gasteiger partial charge in [-0.3, -0.25) is 0 Å². The minimum absolute atomic E-state index is 0.599. The molecule has 1 aromatic carbocycles. The molecule has 2 aromatic rings. The zero-order valence-corrected chi connectivity index (χ0v) is 8.50. The third kappa shape index (κ3) is 1.14. The van der Waals surface area contributed by atoms with E-state index in [-0.39, 0.29) is 0 Å². The molecule has 0 N–H and O–H groups in total. The van der Waals surface area contributed by atoms with E-state index < -0.39 is 0 Å². The molecular weight excluding hydrogens is 174 g/mol. The molecule has 1 saturated carbocycles. The molecule has 3 rings (SSSR count). The first kappa shape index (κ1) is 8.04. The Morgan fingerprint density at radius 3 is 2.79 bits per heavy atom. The summed E-state index contributed by atoms with van der Waals surface area (Å²) in [6.45, 7) is 4.18. The first-order chi connectivity index (χ1) is 6.74. The first-order valence-electron chi connectivity index (χ1n) is 5.12. The third-order valence-corrected chi connectivity index (χ3v) is 2.77. The van der Waals surface area contributed by atoms with Crippen LogP contribution in [0.5, 0.6) is 0 Å². The van der Waals surface area contributed by atoms with Gasteiger partial charge in [0.25, 0.3) is 0 Å². The number of nitrogens with zero attached hydrogens (tertiary/aromatic N) is 1. The van der Waals surface area contributed by atoms with E-state index >= 15 is 0 Å². The first-order valence-corrected chi connectivity index (χ1v) is 5.12. The van der Waals surface area contributed by atoms with Gasteiger partial charge in [-0.1, -0.05) is 6.07 Å². The summed E-state index contributed by atoms with van der Waals surface area (Å²) in [6.07, 6.45) is 2.48. The molecule has 0 unspecified atom stereocenters. The van der Waals surface area contributed by atoms with Gasteiger partial charge in [-0.2, -0.15) is 0 Å². The Kier molecular flexibility index (Phi) is 1.49. The van der Waals surface area contributed by atoms with Gasteiger partial charge in [0.05, 0.1) is 0 Å². The fourth-order valence-electron chi connectivity index (χ4n) is 1.89. The Bertz CT molecular complexity index is 494. The Labute approximate surface area is 82.9 Å². The van der Waals surface area contributed by atoms with Crippen molar-refractivity contribution in [2.24, 2.45) is 0 Å². The Morgan fingerprint density at radius 2 is 2.07 bits per heavy atom. The Hall–Kier alpha value is -1.31. The van der Waals surface area contributed by atoms with Gasteiger partial charge in [-0.05, 0) is 43.9 Å². The van der Waals surface area contributed by atoms with Crippen molar-refractivity contribution < 1.29 is 4.42 Å². The van der Waals surface area contributed by atoms with Crippen molar-refractivity contribution in [1.29, 1.82) is 0 Å². The number of aryl methyl sites for hydroxylation is 2. The molecule has 1 aliphatic rings. The number of oxazole rings is 1. The number of hydrogen-bond donors (Lipinski definition) is 0. The molecule has 0 spiro atoms. The van der Waals surface area contributed by atoms with Crippen LogP contribution in [0.3, 0.4) is 0 Å². The summed E-state index contributed by atoms with van der Waals surface area (Å²) in [4.78, 5) is 4.55. The van der Waals surface area contributed by atoms with Crippen LogP contribution >= 0.6 is 0 Å². The molecule has 2 nitrogen and oxygen atoms in total. The zero-order chi connectivity index (χ0) is 9.71. The Balaban J connectivity index is 2.26. The summed E-state index contributed by atoms with van der Waals surface area (Å²) in [5, 5.41) is 0. The molecule has 0 aliphatic heterocycles. The van der Waals surface area contributed by atoms with Crippen molar-refractivity contribution in [3.63, 3.8) is 0 Å². The van der Waals surface area contributed by atoms with Crippen LogP contribution < -0.4 is 0 Å². The molecule has 0 saturated heterocycles. The molecular formula is C12H13NO. The molecule has 14 heavy (non-hydrogen) atoms. The molecule has 1 aromatic heterocycles. The number of benzene rings is 1. The fourth-order valence-corrected chi connectivity index (χ4v) is 1.89. The molecule has 2 heteroatoms. The molecule has 1 heterocycles. The lowest BCUT2D eigenvalue weighted by Crippen LogP contribution is -1.80. The zero-order valence-electron chi connectivity index (χ0n) is 8.50. The van der Waals surface area contributed by atoms with Gasteiger partial charge in [-0.15, -0.1) is 0 Å². The highest BCUT2D eigenvalue weighted by atomic mass is 16.3. The highest BCUT2D eigenvalue weighted by molar-refractivity contribution is 5.77. The maximum atomic E-state index is 5.74. The van der Waals surface area contributed by atoms with E-state index in [1.807, 2.05) is 0 Å². The summed E-state index contributed by atoms with van der Waals surface area (Å²) < 4.78 is 5.74. The van der Waals surface area contributed by atoms with Gasteiger partial charge in [0.15, 0.2) is 11.5 Å². The van der Waals surface area contributed by atoms with Crippen molar-refractivity contribution in [2.45, 2.75) is 32.6 Å². The second-order valence-corrected chi connectivity index (χ2v) is 4.25. The van der Waals surface area contributed by atoms with Gasteiger partial charge in [0.1, 0.15) is 5.52 Å². The van der Waals surface area contributed by atoms with E-state index in [4.69, 9.17) is 4.42 Å². The van der Waals surface area contributed by atoms with Crippen LogP contribution in [0.15, 0.2) is 16.5 Å². The summed E-state index contributed by atoms with van der Waals surface area (Å²) >= 11 is 0. The fraction of sp³-hybridized carbons (Fsp3) is 0.417. The summed E-state index contributed by atoms with van der Waals surface area (Å²) in [6, 6.07) is 4.22. The molecule has 0 bridgehead atoms. The minimum atomic E-state index is 0.599. The van der Waals surface area contributed by atoms with Crippen molar-refractivity contribution in [2.75, 3.05) is 0 Å². The summed E-state index contributed by atoms with van der Waals surface area (Å²) in [7, 11) is 0. The predicted octanol–water partition coefficient (Wildman–Crippen LogP) is 3.32. The van der Waals surface area contributed by atoms with Crippen LogP contribution in [-0.4, -0.2) is 4.98 Å². The normalized spacial score (nSPS) is 16.4. The van der Waals surface area contributed by atoms with Crippen LogP contribution in [0.2, 0.25) is 0 Å². The molecule has 0 radical (unpaired) electrons. The lowest BCUT2D eigenvalue weighted by atomic mass is 10.1. The van der Waals surface area contributed by atoms with Crippen molar-refractivity contribution in [3.8, 4) is 0 Å². The second kappa shape index (κ2) is 2.59. The van der Waals surface area contributed by atoms with Crippen LogP contribution in [0.25, 0.3) is 11.1 Å². The van der Waals surface area contributed by atoms with Crippen molar-refractivity contribution >= 4 is 11.1 Å². The van der Waals surface area contributed by atoms with Crippen molar-refractivity contribution in [3.05, 3.63) is 29.2 Å². The average Bonchev–Trinajstić information content (AvgIpc) is 2.87. The van der Waals surface area contributed by atoms with Crippen LogP contribution in [0.1, 0.15) is 35.8 Å². The molecule has 0 amide bonds. The quantitative estimate of drug-likeness (QED) is 0.684. The number of aromatic nitrogens is 1. The van der Waals surface area contributed by atoms with Crippen LogP contribution in [0, 0.1) is 13.8 Å². The van der Waals surface area contributed by atoms with Gasteiger partial charge in [0, 0.05) is 5.92 Å². The molecule has 0 atom stereocenters. The standard InChI is InChI=1S/C12H13NO/c1-7-5-8(2)11-10(6-7)14-12(13-11)9-3-4-9/h5-6,9H,3-4H2,1-2H3. The highest BCUT2D eigenvalue weighted by Crippen LogP contribution is 2.40. The van der Waals surface area contributed by atoms with E-state index in [9.17, 15) is 0 Å². The van der Waals surface area contributed by atoms with Crippen molar-refractivity contribution in [1.82, 2.24) is 4.98 Å². The molecule has 1 aliphatic carbocycles. The molecule has 1 fully saturated rings. The minimum Gasteiger partial charge on any atom is -0.440 e. The van der Waals surface area contributed by atoms with E-state index in [1.54, 1.807) is 0 Å². The number of fused-ring (bicyclic) bond motifs is 1. The smallest absolute Gasteiger partial charge is 0.198 e.